The van der Waals surface area contributed by atoms with E-state index in [2.05, 4.69) is 28.0 Å². The highest BCUT2D eigenvalue weighted by Crippen LogP contribution is 2.41. The number of hydrogen-bond acceptors (Lipinski definition) is 8. The van der Waals surface area contributed by atoms with Crippen LogP contribution in [0.25, 0.3) is 0 Å². The second-order valence-electron chi connectivity index (χ2n) is 9.00. The van der Waals surface area contributed by atoms with Crippen molar-refractivity contribution in [2.24, 2.45) is 11.7 Å². The van der Waals surface area contributed by atoms with Crippen LogP contribution in [0.4, 0.5) is 16.4 Å². The van der Waals surface area contributed by atoms with E-state index in [9.17, 15) is 20.0 Å². The van der Waals surface area contributed by atoms with Crippen LogP contribution in [-0.4, -0.2) is 65.6 Å². The number of amides is 2. The molecule has 1 saturated heterocycles. The largest absolute Gasteiger partial charge is 0.491 e. The Morgan fingerprint density at radius 1 is 1.44 bits per heavy atom. The molecule has 0 bridgehead atoms. The van der Waals surface area contributed by atoms with Crippen LogP contribution in [0.1, 0.15) is 46.4 Å². The minimum absolute atomic E-state index is 0.0541. The van der Waals surface area contributed by atoms with Crippen molar-refractivity contribution in [2.45, 2.75) is 32.3 Å². The number of urea groups is 1. The number of fused-ring (bicyclic) bond motifs is 1. The minimum Gasteiger partial charge on any atom is -0.491 e. The molecule has 0 aromatic carbocycles. The molecule has 2 aliphatic heterocycles. The normalized spacial score (nSPS) is 22.4. The molecule has 2 aliphatic rings. The number of nitriles is 1. The number of ether oxygens (including phenoxy) is 1. The summed E-state index contributed by atoms with van der Waals surface area (Å²) in [5, 5.41) is 19.2. The number of nitrogens with two attached hydrogens (primary N) is 1. The number of aromatic nitrogens is 2. The van der Waals surface area contributed by atoms with Crippen LogP contribution < -0.4 is 15.0 Å². The van der Waals surface area contributed by atoms with E-state index < -0.39 is 10.5 Å². The van der Waals surface area contributed by atoms with Crippen LogP contribution in [0, 0.1) is 17.2 Å². The maximum atomic E-state index is 13.0. The van der Waals surface area contributed by atoms with Crippen LogP contribution in [0.3, 0.4) is 0 Å². The average molecular weight is 466 g/mol. The Hall–Kier alpha value is -3.39. The molecule has 0 spiro atoms. The molecule has 3 N–H and O–H groups in total. The van der Waals surface area contributed by atoms with Crippen molar-refractivity contribution in [3.05, 3.63) is 40.7 Å². The Balaban J connectivity index is 1.76. The number of rotatable bonds is 6. The summed E-state index contributed by atoms with van der Waals surface area (Å²) < 4.78 is 5.59. The first-order valence-electron chi connectivity index (χ1n) is 11.4. The summed E-state index contributed by atoms with van der Waals surface area (Å²) in [6, 6.07) is 4.70. The molecule has 2 unspecified atom stereocenters. The van der Waals surface area contributed by atoms with Crippen molar-refractivity contribution >= 4 is 24.0 Å². The predicted molar refractivity (Wildman–Crippen MR) is 124 cm³/mol. The van der Waals surface area contributed by atoms with E-state index in [-0.39, 0.29) is 23.7 Å². The summed E-state index contributed by atoms with van der Waals surface area (Å²) in [5.41, 5.74) is 7.38. The molecule has 1 fully saturated rings. The number of aryl methyl sites for hydroxylation is 1. The van der Waals surface area contributed by atoms with Gasteiger partial charge < -0.3 is 20.5 Å². The number of primary amides is 1. The number of piperidine rings is 1. The summed E-state index contributed by atoms with van der Waals surface area (Å²) in [7, 11) is 2.08. The lowest BCUT2D eigenvalue weighted by atomic mass is 9.99. The number of hydrogen-bond donors (Lipinski definition) is 2. The Morgan fingerprint density at radius 2 is 2.26 bits per heavy atom. The lowest BCUT2D eigenvalue weighted by Crippen LogP contribution is -2.56. The molecule has 2 atom stereocenters. The van der Waals surface area contributed by atoms with Gasteiger partial charge in [0.2, 0.25) is 11.6 Å². The van der Waals surface area contributed by atoms with Gasteiger partial charge in [-0.3, -0.25) is 4.79 Å². The first kappa shape index (κ1) is 23.8. The molecule has 4 heterocycles. The topological polar surface area (TPSA) is 142 Å². The van der Waals surface area contributed by atoms with Crippen molar-refractivity contribution in [2.75, 3.05) is 33.3 Å². The zero-order chi connectivity index (χ0) is 24.3. The highest BCUT2D eigenvalue weighted by Gasteiger charge is 2.48. The van der Waals surface area contributed by atoms with Crippen LogP contribution in [0.15, 0.2) is 18.3 Å². The van der Waals surface area contributed by atoms with E-state index >= 15 is 0 Å². The second kappa shape index (κ2) is 9.85. The number of aliphatic hydroxyl groups excluding tert-OH is 1. The highest BCUT2D eigenvalue weighted by atomic mass is 16.5. The number of carbonyl (C=O) groups excluding carboxylic acids is 2. The third kappa shape index (κ3) is 4.25. The van der Waals surface area contributed by atoms with E-state index in [1.807, 2.05) is 0 Å². The van der Waals surface area contributed by atoms with Crippen molar-refractivity contribution in [1.82, 2.24) is 19.4 Å². The van der Waals surface area contributed by atoms with Gasteiger partial charge in [-0.05, 0) is 38.9 Å². The highest BCUT2D eigenvalue weighted by molar-refractivity contribution is 5.93. The van der Waals surface area contributed by atoms with Crippen LogP contribution in [-0.2, 0) is 13.0 Å². The molecule has 2 amide bonds. The molecule has 10 heteroatoms. The van der Waals surface area contributed by atoms with Crippen molar-refractivity contribution in [3.8, 4) is 11.8 Å². The molecule has 0 radical (unpaired) electrons. The Bertz CT molecular complexity index is 1150. The molecular formula is C24H29N6O4+. The van der Waals surface area contributed by atoms with Gasteiger partial charge in [-0.25, -0.2) is 9.78 Å². The summed E-state index contributed by atoms with van der Waals surface area (Å²) in [4.78, 5) is 35.7. The fraction of sp³-hybridized carbons (Fsp3) is 0.458. The molecule has 4 rings (SSSR count). The molecular weight excluding hydrogens is 436 g/mol. The summed E-state index contributed by atoms with van der Waals surface area (Å²) in [6.45, 7) is 2.39. The average Bonchev–Trinajstić information content (AvgIpc) is 2.85. The van der Waals surface area contributed by atoms with Crippen molar-refractivity contribution in [1.29, 1.82) is 5.26 Å². The van der Waals surface area contributed by atoms with Gasteiger partial charge in [0.05, 0.1) is 25.5 Å². The maximum absolute atomic E-state index is 13.0. The summed E-state index contributed by atoms with van der Waals surface area (Å²) in [6.07, 6.45) is 5.32. The molecule has 0 aliphatic carbocycles. The number of aldehydes is 1. The van der Waals surface area contributed by atoms with E-state index in [1.54, 1.807) is 12.1 Å². The lowest BCUT2D eigenvalue weighted by Gasteiger charge is -2.35. The monoisotopic (exact) mass is 465 g/mol. The van der Waals surface area contributed by atoms with E-state index in [4.69, 9.17) is 10.5 Å². The Kier molecular flexibility index (Phi) is 6.88. The van der Waals surface area contributed by atoms with Gasteiger partial charge in [0.1, 0.15) is 29.6 Å². The Labute approximate surface area is 198 Å². The fourth-order valence-electron chi connectivity index (χ4n) is 4.97. The molecule has 34 heavy (non-hydrogen) atoms. The quantitative estimate of drug-likeness (QED) is 0.487. The third-order valence-electron chi connectivity index (χ3n) is 6.71. The van der Waals surface area contributed by atoms with Crippen LogP contribution >= 0.6 is 0 Å². The number of pyridine rings is 2. The van der Waals surface area contributed by atoms with Gasteiger partial charge in [0.15, 0.2) is 6.29 Å². The van der Waals surface area contributed by atoms with E-state index in [0.717, 1.165) is 31.5 Å². The molecule has 2 aromatic heterocycles. The van der Waals surface area contributed by atoms with Crippen LogP contribution in [0.5, 0.6) is 5.75 Å². The lowest BCUT2D eigenvalue weighted by molar-refractivity contribution is 0.111. The van der Waals surface area contributed by atoms with Gasteiger partial charge in [-0.15, -0.1) is 4.48 Å². The van der Waals surface area contributed by atoms with E-state index in [0.29, 0.717) is 55.3 Å². The molecule has 2 aromatic rings. The molecule has 178 valence electrons. The Morgan fingerprint density at radius 3 is 2.94 bits per heavy atom. The van der Waals surface area contributed by atoms with Gasteiger partial charge in [0, 0.05) is 30.0 Å². The van der Waals surface area contributed by atoms with Gasteiger partial charge in [-0.1, -0.05) is 0 Å². The standard InChI is InChI=1S/C24H28N6O4/c1-29-6-2-4-16(12-29)15-34-21-9-22(27-11-19(21)10-25)30(24(26)33)7-3-5-17-8-18(13-31)20(14-32)28-23(17)30/h8-9,11,14,16,31H,2-7,12-13,15H2,1H3,(H-,26,33)/p+1. The fourth-order valence-corrected chi connectivity index (χ4v) is 4.97. The molecule has 10 nitrogen and oxygen atoms in total. The predicted octanol–water partition coefficient (Wildman–Crippen LogP) is 2.04. The van der Waals surface area contributed by atoms with Gasteiger partial charge in [0.25, 0.3) is 0 Å². The zero-order valence-corrected chi connectivity index (χ0v) is 19.2. The summed E-state index contributed by atoms with van der Waals surface area (Å²) >= 11 is 0. The summed E-state index contributed by atoms with van der Waals surface area (Å²) in [5.74, 6) is 1.28. The van der Waals surface area contributed by atoms with Gasteiger partial charge in [-0.2, -0.15) is 10.2 Å². The number of nitrogens with zero attached hydrogens (tertiary/aromatic N) is 5. The molecule has 0 saturated carbocycles. The number of carbonyl (C=O) groups is 2. The number of aliphatic hydroxyl groups is 1. The maximum Gasteiger partial charge on any atom is 0.426 e. The van der Waals surface area contributed by atoms with E-state index in [1.165, 1.54) is 6.20 Å². The smallest absolute Gasteiger partial charge is 0.426 e. The van der Waals surface area contributed by atoms with Gasteiger partial charge >= 0.3 is 6.03 Å². The zero-order valence-electron chi connectivity index (χ0n) is 19.2. The first-order chi connectivity index (χ1) is 16.4. The number of likely N-dealkylation sites (tertiary alicyclic amines) is 1. The third-order valence-corrected chi connectivity index (χ3v) is 6.71. The van der Waals surface area contributed by atoms with Crippen LogP contribution in [0.2, 0.25) is 0 Å². The first-order valence-corrected chi connectivity index (χ1v) is 11.4. The van der Waals surface area contributed by atoms with Crippen molar-refractivity contribution in [3.63, 3.8) is 0 Å². The SMILES string of the molecule is CN1CCCC(COc2cc([N+]3(C(N)=O)CCCc4cc(CO)c(C=O)nc43)ncc2C#N)C1. The second-order valence-corrected chi connectivity index (χ2v) is 9.00. The van der Waals surface area contributed by atoms with Crippen molar-refractivity contribution < 1.29 is 19.4 Å². The number of quaternary nitrogens is 1. The minimum atomic E-state index is -0.695.